The van der Waals surface area contributed by atoms with E-state index in [2.05, 4.69) is 19.6 Å². The van der Waals surface area contributed by atoms with E-state index < -0.39 is 27.5 Å². The molecule has 0 aliphatic heterocycles. The van der Waals surface area contributed by atoms with Gasteiger partial charge in [0.15, 0.2) is 12.2 Å². The third-order valence-electron chi connectivity index (χ3n) is 2.74. The highest BCUT2D eigenvalue weighted by Gasteiger charge is 2.31. The summed E-state index contributed by atoms with van der Waals surface area (Å²) in [7, 11) is 0. The van der Waals surface area contributed by atoms with E-state index in [1.54, 1.807) is 0 Å². The third kappa shape index (κ3) is 6.99. The van der Waals surface area contributed by atoms with Gasteiger partial charge in [0, 0.05) is 24.8 Å². The van der Waals surface area contributed by atoms with E-state index in [1.807, 2.05) is 0 Å². The van der Waals surface area contributed by atoms with E-state index in [-0.39, 0.29) is 0 Å². The maximum atomic E-state index is 10.7. The second kappa shape index (κ2) is 9.91. The molecule has 0 fully saturated rings. The van der Waals surface area contributed by atoms with Crippen LogP contribution in [0.5, 0.6) is 0 Å². The van der Waals surface area contributed by atoms with Gasteiger partial charge in [-0.1, -0.05) is 0 Å². The van der Waals surface area contributed by atoms with Gasteiger partial charge in [-0.2, -0.15) is 0 Å². The van der Waals surface area contributed by atoms with Crippen LogP contribution >= 0.6 is 0 Å². The van der Waals surface area contributed by atoms with E-state index in [1.165, 1.54) is 49.1 Å². The Bertz CT molecular complexity index is 669. The summed E-state index contributed by atoms with van der Waals surface area (Å²) in [6, 6.07) is 5.80. The number of hydrogen-bond donors (Lipinski definition) is 1. The molecular weight excluding hydrogens is 358 g/mol. The first-order valence-electron chi connectivity index (χ1n) is 6.56. The highest BCUT2D eigenvalue weighted by Crippen LogP contribution is 2.34. The summed E-state index contributed by atoms with van der Waals surface area (Å²) in [6.07, 6.45) is 2.91. The molecule has 14 nitrogen and oxygen atoms in total. The fraction of sp³-hybridized carbons (Fsp3) is 0.167. The first kappa shape index (κ1) is 19.9. The predicted octanol–water partition coefficient (Wildman–Crippen LogP) is 1.33. The van der Waals surface area contributed by atoms with E-state index in [9.17, 15) is 20.2 Å². The summed E-state index contributed by atoms with van der Waals surface area (Å²) in [6.45, 7) is 0. The first-order chi connectivity index (χ1) is 12.3. The monoisotopic (exact) mass is 369 g/mol. The van der Waals surface area contributed by atoms with Gasteiger partial charge < -0.3 is 14.9 Å². The van der Waals surface area contributed by atoms with Crippen molar-refractivity contribution in [2.45, 2.75) is 12.2 Å². The van der Waals surface area contributed by atoms with Crippen molar-refractivity contribution in [3.05, 3.63) is 90.5 Å². The Morgan fingerprint density at radius 2 is 1.04 bits per heavy atom. The van der Waals surface area contributed by atoms with Crippen LogP contribution in [-0.4, -0.2) is 30.4 Å². The summed E-state index contributed by atoms with van der Waals surface area (Å²) >= 11 is 0. The zero-order chi connectivity index (χ0) is 19.5. The second-order valence-corrected chi connectivity index (χ2v) is 4.30. The van der Waals surface area contributed by atoms with Crippen molar-refractivity contribution in [1.29, 1.82) is 0 Å². The molecule has 0 aliphatic carbocycles. The van der Waals surface area contributed by atoms with Crippen molar-refractivity contribution in [3.8, 4) is 0 Å². The van der Waals surface area contributed by atoms with E-state index in [4.69, 9.17) is 15.3 Å². The standard InChI is InChI=1S/C12H10N4O6.HNO3/c17-15(18)21-11(9-1-5-13-6-2-9)12(22-16(19)20)10-3-7-14-8-4-10;2-1(3)4/h1-8,11-12H;(H,2,3,4). The molecule has 2 aromatic heterocycles. The molecule has 26 heavy (non-hydrogen) atoms. The molecule has 2 aromatic rings. The van der Waals surface area contributed by atoms with Crippen LogP contribution in [0.1, 0.15) is 23.3 Å². The van der Waals surface area contributed by atoms with Gasteiger partial charge in [-0.15, -0.1) is 30.3 Å². The van der Waals surface area contributed by atoms with Crippen molar-refractivity contribution in [3.63, 3.8) is 0 Å². The van der Waals surface area contributed by atoms with Gasteiger partial charge in [-0.3, -0.25) is 9.97 Å². The molecule has 0 saturated carbocycles. The van der Waals surface area contributed by atoms with E-state index in [0.29, 0.717) is 11.1 Å². The second-order valence-electron chi connectivity index (χ2n) is 4.30. The van der Waals surface area contributed by atoms with Gasteiger partial charge in [0.25, 0.3) is 15.3 Å². The number of rotatable bonds is 7. The molecule has 138 valence electrons. The summed E-state index contributed by atoms with van der Waals surface area (Å²) in [4.78, 5) is 46.6. The van der Waals surface area contributed by atoms with Gasteiger partial charge in [-0.05, 0) is 35.4 Å². The Hall–Kier alpha value is -4.10. The van der Waals surface area contributed by atoms with Crippen LogP contribution in [0.4, 0.5) is 0 Å². The Labute approximate surface area is 144 Å². The molecule has 0 saturated heterocycles. The molecule has 0 amide bonds. The fourth-order valence-corrected chi connectivity index (χ4v) is 1.87. The minimum Gasteiger partial charge on any atom is -0.328 e. The van der Waals surface area contributed by atoms with Gasteiger partial charge >= 0.3 is 0 Å². The molecule has 1 N–H and O–H groups in total. The lowest BCUT2D eigenvalue weighted by Crippen LogP contribution is -2.22. The number of hydrogen-bond acceptors (Lipinski definition) is 10. The van der Waals surface area contributed by atoms with Gasteiger partial charge in [-0.25, -0.2) is 0 Å². The van der Waals surface area contributed by atoms with Crippen LogP contribution in [-0.2, 0) is 9.68 Å². The zero-order valence-corrected chi connectivity index (χ0v) is 12.7. The molecule has 0 aliphatic rings. The minimum atomic E-state index is -1.50. The van der Waals surface area contributed by atoms with Gasteiger partial charge in [0.2, 0.25) is 0 Å². The fourth-order valence-electron chi connectivity index (χ4n) is 1.87. The molecule has 2 atom stereocenters. The zero-order valence-electron chi connectivity index (χ0n) is 12.7. The summed E-state index contributed by atoms with van der Waals surface area (Å²) < 4.78 is 0. The van der Waals surface area contributed by atoms with Crippen molar-refractivity contribution < 1.29 is 30.1 Å². The maximum absolute atomic E-state index is 10.7. The highest BCUT2D eigenvalue weighted by molar-refractivity contribution is 5.22. The van der Waals surface area contributed by atoms with Crippen LogP contribution in [0, 0.1) is 30.3 Å². The smallest absolute Gasteiger partial charge is 0.295 e. The van der Waals surface area contributed by atoms with E-state index in [0.717, 1.165) is 0 Å². The average molecular weight is 369 g/mol. The van der Waals surface area contributed by atoms with Crippen molar-refractivity contribution in [2.24, 2.45) is 0 Å². The molecular formula is C12H11N5O9. The molecule has 2 heterocycles. The van der Waals surface area contributed by atoms with Gasteiger partial charge in [0.05, 0.1) is 0 Å². The lowest BCUT2D eigenvalue weighted by Gasteiger charge is -2.24. The van der Waals surface area contributed by atoms with Crippen LogP contribution < -0.4 is 0 Å². The van der Waals surface area contributed by atoms with Crippen LogP contribution in [0.3, 0.4) is 0 Å². The lowest BCUT2D eigenvalue weighted by atomic mass is 10.00. The highest BCUT2D eigenvalue weighted by atomic mass is 17.0. The third-order valence-corrected chi connectivity index (χ3v) is 2.74. The molecule has 0 bridgehead atoms. The summed E-state index contributed by atoms with van der Waals surface area (Å²) in [5.74, 6) is 0. The Balaban J connectivity index is 0.000000765. The maximum Gasteiger partial charge on any atom is 0.295 e. The van der Waals surface area contributed by atoms with Gasteiger partial charge in [0.1, 0.15) is 0 Å². The van der Waals surface area contributed by atoms with Crippen molar-refractivity contribution in [2.75, 3.05) is 0 Å². The number of nitrogens with zero attached hydrogens (tertiary/aromatic N) is 5. The number of pyridine rings is 2. The lowest BCUT2D eigenvalue weighted by molar-refractivity contribution is -0.803. The predicted molar refractivity (Wildman–Crippen MR) is 78.9 cm³/mol. The molecule has 0 spiro atoms. The van der Waals surface area contributed by atoms with Crippen molar-refractivity contribution in [1.82, 2.24) is 9.97 Å². The topological polar surface area (TPSA) is 194 Å². The molecule has 0 aromatic carbocycles. The van der Waals surface area contributed by atoms with E-state index >= 15 is 0 Å². The molecule has 2 rings (SSSR count). The van der Waals surface area contributed by atoms with Crippen LogP contribution in [0.15, 0.2) is 49.1 Å². The quantitative estimate of drug-likeness (QED) is 0.546. The molecule has 14 heteroatoms. The minimum absolute atomic E-state index is 0.315. The normalized spacial score (nSPS) is 11.8. The Morgan fingerprint density at radius 3 is 1.27 bits per heavy atom. The molecule has 2 unspecified atom stereocenters. The largest absolute Gasteiger partial charge is 0.328 e. The van der Waals surface area contributed by atoms with Crippen LogP contribution in [0.25, 0.3) is 0 Å². The Morgan fingerprint density at radius 1 is 0.769 bits per heavy atom. The SMILES string of the molecule is O=[N+]([O-])O.O=[N+]([O-])OC(c1ccncc1)C(O[N+](=O)[O-])c1ccncc1. The number of aromatic nitrogens is 2. The Kier molecular flexibility index (Phi) is 7.60. The molecule has 0 radical (unpaired) electrons. The first-order valence-corrected chi connectivity index (χ1v) is 6.56. The van der Waals surface area contributed by atoms with Crippen molar-refractivity contribution >= 4 is 0 Å². The average Bonchev–Trinajstić information content (AvgIpc) is 2.58. The van der Waals surface area contributed by atoms with Crippen LogP contribution in [0.2, 0.25) is 0 Å². The summed E-state index contributed by atoms with van der Waals surface area (Å²) in [5, 5.41) is 33.1. The summed E-state index contributed by atoms with van der Waals surface area (Å²) in [5.41, 5.74) is 0.630.